The predicted octanol–water partition coefficient (Wildman–Crippen LogP) is 1.64. The molecule has 1 aromatic carbocycles. The van der Waals surface area contributed by atoms with Crippen LogP contribution in [0.5, 0.6) is 0 Å². The Morgan fingerprint density at radius 3 is 2.38 bits per heavy atom. The van der Waals surface area contributed by atoms with Gasteiger partial charge in [-0.05, 0) is 12.1 Å². The Bertz CT molecular complexity index is 269. The van der Waals surface area contributed by atoms with E-state index in [1.165, 1.54) is 13.2 Å². The summed E-state index contributed by atoms with van der Waals surface area (Å²) >= 11 is 0. The number of methoxy groups -OCH3 is 1. The van der Waals surface area contributed by atoms with Gasteiger partial charge in [0.25, 0.3) is 0 Å². The lowest BCUT2D eigenvalue weighted by molar-refractivity contribution is 0.0596. The smallest absolute Gasteiger partial charge is 0.132 e. The van der Waals surface area contributed by atoms with Gasteiger partial charge in [0.15, 0.2) is 0 Å². The van der Waals surface area contributed by atoms with Crippen molar-refractivity contribution in [1.29, 1.82) is 0 Å². The van der Waals surface area contributed by atoms with Gasteiger partial charge in [0, 0.05) is 7.11 Å². The van der Waals surface area contributed by atoms with Crippen molar-refractivity contribution in [3.63, 3.8) is 0 Å². The maximum absolute atomic E-state index is 13.0. The summed E-state index contributed by atoms with van der Waals surface area (Å²) in [6.45, 7) is -0.127. The Morgan fingerprint density at radius 1 is 1.38 bits per heavy atom. The zero-order chi connectivity index (χ0) is 9.84. The minimum absolute atomic E-state index is 0.127. The van der Waals surface area contributed by atoms with Crippen molar-refractivity contribution >= 4 is 0 Å². The van der Waals surface area contributed by atoms with Gasteiger partial charge in [-0.15, -0.1) is 0 Å². The number of aliphatic hydroxyl groups is 1. The van der Waals surface area contributed by atoms with Crippen LogP contribution in [0.25, 0.3) is 0 Å². The van der Waals surface area contributed by atoms with Crippen molar-refractivity contribution in [1.82, 2.24) is 0 Å². The molecule has 0 saturated heterocycles. The molecule has 1 rings (SSSR count). The molecule has 13 heavy (non-hydrogen) atoms. The fourth-order valence-corrected chi connectivity index (χ4v) is 1.07. The second-order valence-electron chi connectivity index (χ2n) is 2.61. The number of aliphatic hydroxyl groups excluding tert-OH is 1. The number of rotatable bonds is 3. The van der Waals surface area contributed by atoms with E-state index in [-0.39, 0.29) is 12.2 Å². The SMILES string of the molecule is COCC(O)c1c(F)cccc1F. The van der Waals surface area contributed by atoms with Gasteiger partial charge in [-0.2, -0.15) is 0 Å². The van der Waals surface area contributed by atoms with Crippen molar-refractivity contribution in [3.05, 3.63) is 35.4 Å². The molecule has 1 N–H and O–H groups in total. The van der Waals surface area contributed by atoms with E-state index in [0.29, 0.717) is 0 Å². The molecular formula is C9H10F2O2. The third-order valence-corrected chi connectivity index (χ3v) is 1.66. The molecule has 1 atom stereocenters. The Balaban J connectivity index is 2.98. The van der Waals surface area contributed by atoms with Gasteiger partial charge in [0.2, 0.25) is 0 Å². The first-order chi connectivity index (χ1) is 6.16. The highest BCUT2D eigenvalue weighted by Gasteiger charge is 2.16. The fourth-order valence-electron chi connectivity index (χ4n) is 1.07. The lowest BCUT2D eigenvalue weighted by Gasteiger charge is -2.11. The van der Waals surface area contributed by atoms with E-state index in [4.69, 9.17) is 0 Å². The number of hydrogen-bond acceptors (Lipinski definition) is 2. The fraction of sp³-hybridized carbons (Fsp3) is 0.333. The summed E-state index contributed by atoms with van der Waals surface area (Å²) in [6, 6.07) is 3.43. The van der Waals surface area contributed by atoms with Gasteiger partial charge in [0.1, 0.15) is 17.7 Å². The molecule has 0 aliphatic heterocycles. The van der Waals surface area contributed by atoms with E-state index in [9.17, 15) is 13.9 Å². The molecule has 4 heteroatoms. The van der Waals surface area contributed by atoms with Crippen LogP contribution in [0.2, 0.25) is 0 Å². The van der Waals surface area contributed by atoms with Crippen LogP contribution in [0.1, 0.15) is 11.7 Å². The highest BCUT2D eigenvalue weighted by molar-refractivity contribution is 5.21. The first-order valence-corrected chi connectivity index (χ1v) is 3.77. The number of hydrogen-bond donors (Lipinski definition) is 1. The van der Waals surface area contributed by atoms with Crippen molar-refractivity contribution in [3.8, 4) is 0 Å². The molecule has 0 aliphatic rings. The normalized spacial score (nSPS) is 12.9. The first-order valence-electron chi connectivity index (χ1n) is 3.77. The van der Waals surface area contributed by atoms with E-state index in [0.717, 1.165) is 12.1 Å². The average molecular weight is 188 g/mol. The van der Waals surface area contributed by atoms with Crippen LogP contribution in [0, 0.1) is 11.6 Å². The highest BCUT2D eigenvalue weighted by atomic mass is 19.1. The minimum Gasteiger partial charge on any atom is -0.386 e. The lowest BCUT2D eigenvalue weighted by atomic mass is 10.1. The van der Waals surface area contributed by atoms with Crippen molar-refractivity contribution in [2.45, 2.75) is 6.10 Å². The van der Waals surface area contributed by atoms with Crippen molar-refractivity contribution < 1.29 is 18.6 Å². The largest absolute Gasteiger partial charge is 0.386 e. The Kier molecular flexibility index (Phi) is 3.33. The topological polar surface area (TPSA) is 29.5 Å². The number of ether oxygens (including phenoxy) is 1. The summed E-state index contributed by atoms with van der Waals surface area (Å²) in [4.78, 5) is 0. The van der Waals surface area contributed by atoms with Gasteiger partial charge in [-0.1, -0.05) is 6.07 Å². The predicted molar refractivity (Wildman–Crippen MR) is 43.2 cm³/mol. The van der Waals surface area contributed by atoms with E-state index in [1.54, 1.807) is 0 Å². The van der Waals surface area contributed by atoms with Gasteiger partial charge >= 0.3 is 0 Å². The zero-order valence-corrected chi connectivity index (χ0v) is 7.13. The molecule has 0 aromatic heterocycles. The molecular weight excluding hydrogens is 178 g/mol. The lowest BCUT2D eigenvalue weighted by Crippen LogP contribution is -2.09. The summed E-state index contributed by atoms with van der Waals surface area (Å²) in [5, 5.41) is 9.28. The summed E-state index contributed by atoms with van der Waals surface area (Å²) in [6.07, 6.45) is -1.26. The molecule has 0 bridgehead atoms. The Hall–Kier alpha value is -1.00. The quantitative estimate of drug-likeness (QED) is 0.781. The zero-order valence-electron chi connectivity index (χ0n) is 7.13. The van der Waals surface area contributed by atoms with Crippen LogP contribution in [0.3, 0.4) is 0 Å². The summed E-state index contributed by atoms with van der Waals surface area (Å²) in [5.74, 6) is -1.52. The average Bonchev–Trinajstić information content (AvgIpc) is 2.04. The molecule has 0 saturated carbocycles. The second kappa shape index (κ2) is 4.30. The van der Waals surface area contributed by atoms with E-state index < -0.39 is 17.7 Å². The van der Waals surface area contributed by atoms with Crippen molar-refractivity contribution in [2.24, 2.45) is 0 Å². The molecule has 0 amide bonds. The van der Waals surface area contributed by atoms with Crippen LogP contribution in [0.15, 0.2) is 18.2 Å². The monoisotopic (exact) mass is 188 g/mol. The van der Waals surface area contributed by atoms with Crippen LogP contribution >= 0.6 is 0 Å². The minimum atomic E-state index is -1.26. The molecule has 1 aromatic rings. The summed E-state index contributed by atoms with van der Waals surface area (Å²) in [7, 11) is 1.35. The summed E-state index contributed by atoms with van der Waals surface area (Å²) < 4.78 is 30.5. The van der Waals surface area contributed by atoms with Gasteiger partial charge in [-0.3, -0.25) is 0 Å². The van der Waals surface area contributed by atoms with Crippen LogP contribution in [0.4, 0.5) is 8.78 Å². The van der Waals surface area contributed by atoms with Crippen LogP contribution in [-0.4, -0.2) is 18.8 Å². The maximum atomic E-state index is 13.0. The highest BCUT2D eigenvalue weighted by Crippen LogP contribution is 2.20. The second-order valence-corrected chi connectivity index (χ2v) is 2.61. The first kappa shape index (κ1) is 10.1. The Labute approximate surface area is 74.8 Å². The third-order valence-electron chi connectivity index (χ3n) is 1.66. The number of benzene rings is 1. The molecule has 0 spiro atoms. The standard InChI is InChI=1S/C9H10F2O2/c1-13-5-8(12)9-6(10)3-2-4-7(9)11/h2-4,8,12H,5H2,1H3. The third kappa shape index (κ3) is 2.23. The van der Waals surface area contributed by atoms with E-state index in [2.05, 4.69) is 4.74 Å². The van der Waals surface area contributed by atoms with Gasteiger partial charge < -0.3 is 9.84 Å². The maximum Gasteiger partial charge on any atom is 0.132 e. The molecule has 0 radical (unpaired) electrons. The molecule has 0 fully saturated rings. The molecule has 0 heterocycles. The van der Waals surface area contributed by atoms with E-state index >= 15 is 0 Å². The molecule has 1 unspecified atom stereocenters. The molecule has 2 nitrogen and oxygen atoms in total. The summed E-state index contributed by atoms with van der Waals surface area (Å²) in [5.41, 5.74) is -0.343. The van der Waals surface area contributed by atoms with Crippen molar-refractivity contribution in [2.75, 3.05) is 13.7 Å². The Morgan fingerprint density at radius 2 is 1.92 bits per heavy atom. The van der Waals surface area contributed by atoms with Gasteiger partial charge in [0.05, 0.1) is 12.2 Å². The van der Waals surface area contributed by atoms with Gasteiger partial charge in [-0.25, -0.2) is 8.78 Å². The number of halogens is 2. The van der Waals surface area contributed by atoms with E-state index in [1.807, 2.05) is 0 Å². The van der Waals surface area contributed by atoms with Crippen LogP contribution < -0.4 is 0 Å². The van der Waals surface area contributed by atoms with Crippen LogP contribution in [-0.2, 0) is 4.74 Å². The molecule has 72 valence electrons. The molecule has 0 aliphatic carbocycles.